The normalized spacial score (nSPS) is 34.7. The molecular formula is C23H42O2Si. The van der Waals surface area contributed by atoms with E-state index in [1.165, 1.54) is 12.8 Å². The highest BCUT2D eigenvalue weighted by molar-refractivity contribution is 6.74. The summed E-state index contributed by atoms with van der Waals surface area (Å²) in [5.41, 5.74) is 0.196. The molecule has 0 aromatic carbocycles. The number of rotatable bonds is 9. The average molecular weight is 379 g/mol. The summed E-state index contributed by atoms with van der Waals surface area (Å²) in [6.07, 6.45) is 12.1. The first-order valence-electron chi connectivity index (χ1n) is 10.7. The minimum atomic E-state index is -1.61. The SMILES string of the molecule is C=C[C@@H]1[C@H](CCC)[C@H]2CO[C@@H](C)[C@@]12/C=C/CCCO[Si](C)(C)C(C)(C)C. The summed E-state index contributed by atoms with van der Waals surface area (Å²) >= 11 is 0. The van der Waals surface area contributed by atoms with Crippen LogP contribution < -0.4 is 0 Å². The lowest BCUT2D eigenvalue weighted by atomic mass is 9.45. The summed E-state index contributed by atoms with van der Waals surface area (Å²) in [5, 5.41) is 0.295. The molecule has 0 spiro atoms. The van der Waals surface area contributed by atoms with Gasteiger partial charge in [0, 0.05) is 12.0 Å². The van der Waals surface area contributed by atoms with Gasteiger partial charge in [-0.1, -0.05) is 52.3 Å². The second kappa shape index (κ2) is 8.32. The Balaban J connectivity index is 1.89. The lowest BCUT2D eigenvalue weighted by molar-refractivity contribution is -0.0471. The second-order valence-corrected chi connectivity index (χ2v) is 14.8. The van der Waals surface area contributed by atoms with E-state index in [4.69, 9.17) is 9.16 Å². The minimum Gasteiger partial charge on any atom is -0.417 e. The van der Waals surface area contributed by atoms with Gasteiger partial charge in [-0.15, -0.1) is 6.58 Å². The van der Waals surface area contributed by atoms with Crippen molar-refractivity contribution in [2.24, 2.45) is 23.2 Å². The van der Waals surface area contributed by atoms with Crippen LogP contribution in [0.1, 0.15) is 60.3 Å². The molecule has 1 aliphatic heterocycles. The molecule has 0 aromatic rings. The van der Waals surface area contributed by atoms with Gasteiger partial charge in [-0.2, -0.15) is 0 Å². The molecule has 2 nitrogen and oxygen atoms in total. The highest BCUT2D eigenvalue weighted by Crippen LogP contribution is 2.64. The third kappa shape index (κ3) is 3.91. The van der Waals surface area contributed by atoms with E-state index in [9.17, 15) is 0 Å². The molecule has 26 heavy (non-hydrogen) atoms. The Hall–Kier alpha value is -0.383. The van der Waals surface area contributed by atoms with Crippen LogP contribution in [0.2, 0.25) is 18.1 Å². The zero-order valence-electron chi connectivity index (χ0n) is 18.3. The number of hydrogen-bond acceptors (Lipinski definition) is 2. The van der Waals surface area contributed by atoms with Crippen LogP contribution >= 0.6 is 0 Å². The van der Waals surface area contributed by atoms with Gasteiger partial charge < -0.3 is 9.16 Å². The van der Waals surface area contributed by atoms with Crippen molar-refractivity contribution in [3.63, 3.8) is 0 Å². The van der Waals surface area contributed by atoms with Crippen molar-refractivity contribution in [2.45, 2.75) is 84.5 Å². The van der Waals surface area contributed by atoms with Gasteiger partial charge in [0.05, 0.1) is 12.7 Å². The lowest BCUT2D eigenvalue weighted by Crippen LogP contribution is -2.56. The average Bonchev–Trinajstić information content (AvgIpc) is 2.81. The van der Waals surface area contributed by atoms with E-state index in [-0.39, 0.29) is 5.41 Å². The van der Waals surface area contributed by atoms with E-state index in [2.05, 4.69) is 72.5 Å². The van der Waals surface area contributed by atoms with Crippen molar-refractivity contribution >= 4 is 8.32 Å². The zero-order valence-corrected chi connectivity index (χ0v) is 19.3. The van der Waals surface area contributed by atoms with Gasteiger partial charge in [0.15, 0.2) is 8.32 Å². The minimum absolute atomic E-state index is 0.196. The molecule has 150 valence electrons. The van der Waals surface area contributed by atoms with Crippen molar-refractivity contribution in [2.75, 3.05) is 13.2 Å². The Morgan fingerprint density at radius 1 is 1.31 bits per heavy atom. The molecule has 1 saturated carbocycles. The maximum atomic E-state index is 6.30. The quantitative estimate of drug-likeness (QED) is 0.256. The highest BCUT2D eigenvalue weighted by atomic mass is 28.4. The molecule has 0 aromatic heterocycles. The van der Waals surface area contributed by atoms with Gasteiger partial charge in [-0.3, -0.25) is 0 Å². The molecule has 0 unspecified atom stereocenters. The Morgan fingerprint density at radius 2 is 2.00 bits per heavy atom. The molecule has 1 heterocycles. The van der Waals surface area contributed by atoms with Crippen LogP contribution in [0.4, 0.5) is 0 Å². The van der Waals surface area contributed by atoms with Crippen molar-refractivity contribution < 1.29 is 9.16 Å². The molecule has 3 heteroatoms. The summed E-state index contributed by atoms with van der Waals surface area (Å²) in [6, 6.07) is 0. The topological polar surface area (TPSA) is 18.5 Å². The van der Waals surface area contributed by atoms with Gasteiger partial charge >= 0.3 is 0 Å². The molecule has 0 bridgehead atoms. The van der Waals surface area contributed by atoms with Crippen LogP contribution in [0.25, 0.3) is 0 Å². The molecule has 2 rings (SSSR count). The maximum absolute atomic E-state index is 6.30. The van der Waals surface area contributed by atoms with Gasteiger partial charge in [-0.25, -0.2) is 0 Å². The predicted octanol–water partition coefficient (Wildman–Crippen LogP) is 6.60. The molecule has 2 aliphatic rings. The molecular weight excluding hydrogens is 336 g/mol. The molecule has 0 amide bonds. The molecule has 5 atom stereocenters. The first kappa shape index (κ1) is 21.9. The van der Waals surface area contributed by atoms with E-state index in [1.807, 2.05) is 0 Å². The summed E-state index contributed by atoms with van der Waals surface area (Å²) in [7, 11) is -1.61. The summed E-state index contributed by atoms with van der Waals surface area (Å²) in [6.45, 7) is 22.1. The standard InChI is InChI=1S/C23H42O2Si/c1-9-14-19-20(10-2)23(18(3)24-17-21(19)23)15-12-11-13-16-25-26(7,8)22(4,5)6/h10,12,15,18-21H,2,9,11,13-14,16-17H2,1,3-8H3/b15-12+/t18-,19-,20+,21+,23-/m0/s1. The number of fused-ring (bicyclic) bond motifs is 1. The largest absolute Gasteiger partial charge is 0.417 e. The van der Waals surface area contributed by atoms with Crippen LogP contribution in [0.5, 0.6) is 0 Å². The van der Waals surface area contributed by atoms with E-state index < -0.39 is 8.32 Å². The van der Waals surface area contributed by atoms with Crippen molar-refractivity contribution in [3.05, 3.63) is 24.8 Å². The summed E-state index contributed by atoms with van der Waals surface area (Å²) in [4.78, 5) is 0. The lowest BCUT2D eigenvalue weighted by Gasteiger charge is -2.57. The Labute approximate surface area is 163 Å². The van der Waals surface area contributed by atoms with Gasteiger partial charge in [-0.05, 0) is 62.1 Å². The van der Waals surface area contributed by atoms with Gasteiger partial charge in [0.25, 0.3) is 0 Å². The third-order valence-corrected chi connectivity index (χ3v) is 12.0. The fourth-order valence-corrected chi connectivity index (χ4v) is 5.94. The summed E-state index contributed by atoms with van der Waals surface area (Å²) < 4.78 is 12.4. The van der Waals surface area contributed by atoms with E-state index in [0.717, 1.165) is 32.0 Å². The predicted molar refractivity (Wildman–Crippen MR) is 115 cm³/mol. The fourth-order valence-electron chi connectivity index (χ4n) is 4.85. The van der Waals surface area contributed by atoms with E-state index in [0.29, 0.717) is 23.0 Å². The first-order valence-corrected chi connectivity index (χ1v) is 13.6. The molecule has 0 radical (unpaired) electrons. The highest BCUT2D eigenvalue weighted by Gasteiger charge is 2.64. The van der Waals surface area contributed by atoms with Crippen LogP contribution in [-0.4, -0.2) is 27.6 Å². The van der Waals surface area contributed by atoms with E-state index in [1.54, 1.807) is 0 Å². The first-order chi connectivity index (χ1) is 12.1. The number of ether oxygens (including phenoxy) is 1. The smallest absolute Gasteiger partial charge is 0.191 e. The molecule has 1 aliphatic carbocycles. The fraction of sp³-hybridized carbons (Fsp3) is 0.826. The molecule has 2 fully saturated rings. The van der Waals surface area contributed by atoms with E-state index >= 15 is 0 Å². The number of hydrogen-bond donors (Lipinski definition) is 0. The van der Waals surface area contributed by atoms with Crippen LogP contribution in [0.3, 0.4) is 0 Å². The Kier molecular flexibility index (Phi) is 7.01. The summed E-state index contributed by atoms with van der Waals surface area (Å²) in [5.74, 6) is 2.01. The third-order valence-electron chi connectivity index (χ3n) is 7.49. The van der Waals surface area contributed by atoms with Gasteiger partial charge in [0.1, 0.15) is 0 Å². The van der Waals surface area contributed by atoms with Crippen molar-refractivity contribution in [1.82, 2.24) is 0 Å². The van der Waals surface area contributed by atoms with Crippen LogP contribution in [-0.2, 0) is 9.16 Å². The number of unbranched alkanes of at least 4 members (excludes halogenated alkanes) is 1. The molecule has 1 saturated heterocycles. The van der Waals surface area contributed by atoms with Crippen molar-refractivity contribution in [3.8, 4) is 0 Å². The monoisotopic (exact) mass is 378 g/mol. The Bertz CT molecular complexity index is 505. The van der Waals surface area contributed by atoms with Crippen LogP contribution in [0, 0.1) is 23.2 Å². The second-order valence-electron chi connectivity index (χ2n) is 9.95. The van der Waals surface area contributed by atoms with Crippen LogP contribution in [0.15, 0.2) is 24.8 Å². The zero-order chi connectivity index (χ0) is 19.6. The number of allylic oxidation sites excluding steroid dienone is 2. The van der Waals surface area contributed by atoms with Gasteiger partial charge in [0.2, 0.25) is 0 Å². The Morgan fingerprint density at radius 3 is 2.58 bits per heavy atom. The maximum Gasteiger partial charge on any atom is 0.191 e. The molecule has 0 N–H and O–H groups in total. The van der Waals surface area contributed by atoms with Crippen molar-refractivity contribution in [1.29, 1.82) is 0 Å².